The highest BCUT2D eigenvalue weighted by atomic mass is 79.9. The highest BCUT2D eigenvalue weighted by Crippen LogP contribution is 2.45. The second-order valence-corrected chi connectivity index (χ2v) is 5.66. The first-order valence-corrected chi connectivity index (χ1v) is 6.38. The summed E-state index contributed by atoms with van der Waals surface area (Å²) in [6.07, 6.45) is 1.92. The van der Waals surface area contributed by atoms with Gasteiger partial charge in [-0.15, -0.1) is 0 Å². The van der Waals surface area contributed by atoms with Crippen LogP contribution in [0.2, 0.25) is 5.02 Å². The van der Waals surface area contributed by atoms with Crippen molar-refractivity contribution >= 4 is 27.5 Å². The highest BCUT2D eigenvalue weighted by Gasteiger charge is 2.34. The van der Waals surface area contributed by atoms with Gasteiger partial charge in [0.2, 0.25) is 0 Å². The molecule has 1 aromatic rings. The SMILES string of the molecule is CC(O)C1CC(c2ccc(Br)cc2Cl)C1. The molecule has 1 aliphatic carbocycles. The van der Waals surface area contributed by atoms with Crippen LogP contribution in [0.15, 0.2) is 22.7 Å². The van der Waals surface area contributed by atoms with Crippen molar-refractivity contribution in [3.05, 3.63) is 33.3 Å². The van der Waals surface area contributed by atoms with Crippen LogP contribution in [-0.2, 0) is 0 Å². The molecule has 15 heavy (non-hydrogen) atoms. The number of hydrogen-bond acceptors (Lipinski definition) is 1. The Labute approximate surface area is 104 Å². The molecule has 1 aromatic carbocycles. The largest absolute Gasteiger partial charge is 0.393 e. The number of rotatable bonds is 2. The van der Waals surface area contributed by atoms with E-state index >= 15 is 0 Å². The van der Waals surface area contributed by atoms with Gasteiger partial charge in [-0.1, -0.05) is 33.6 Å². The third-order valence-electron chi connectivity index (χ3n) is 3.26. The summed E-state index contributed by atoms with van der Waals surface area (Å²) in [7, 11) is 0. The van der Waals surface area contributed by atoms with Gasteiger partial charge < -0.3 is 5.11 Å². The zero-order valence-corrected chi connectivity index (χ0v) is 10.9. The van der Waals surface area contributed by atoms with Gasteiger partial charge in [-0.05, 0) is 49.3 Å². The van der Waals surface area contributed by atoms with Crippen molar-refractivity contribution in [3.63, 3.8) is 0 Å². The Hall–Kier alpha value is -0.0500. The normalized spacial score (nSPS) is 27.2. The summed E-state index contributed by atoms with van der Waals surface area (Å²) in [4.78, 5) is 0. The van der Waals surface area contributed by atoms with Crippen LogP contribution in [0.4, 0.5) is 0 Å². The van der Waals surface area contributed by atoms with Crippen LogP contribution >= 0.6 is 27.5 Å². The zero-order chi connectivity index (χ0) is 11.0. The Morgan fingerprint density at radius 1 is 1.47 bits per heavy atom. The van der Waals surface area contributed by atoms with Gasteiger partial charge in [-0.25, -0.2) is 0 Å². The fraction of sp³-hybridized carbons (Fsp3) is 0.500. The maximum absolute atomic E-state index is 9.41. The van der Waals surface area contributed by atoms with Crippen LogP contribution in [0, 0.1) is 5.92 Å². The molecule has 0 aromatic heterocycles. The number of benzene rings is 1. The molecule has 1 aliphatic rings. The quantitative estimate of drug-likeness (QED) is 0.873. The van der Waals surface area contributed by atoms with Crippen molar-refractivity contribution in [1.29, 1.82) is 0 Å². The van der Waals surface area contributed by atoms with Crippen molar-refractivity contribution < 1.29 is 5.11 Å². The second-order valence-electron chi connectivity index (χ2n) is 4.33. The molecule has 1 N–H and O–H groups in total. The fourth-order valence-corrected chi connectivity index (χ4v) is 2.97. The molecule has 0 spiro atoms. The van der Waals surface area contributed by atoms with Crippen molar-refractivity contribution in [3.8, 4) is 0 Å². The van der Waals surface area contributed by atoms with Gasteiger partial charge in [0.05, 0.1) is 6.10 Å². The molecule has 1 unspecified atom stereocenters. The lowest BCUT2D eigenvalue weighted by Crippen LogP contribution is -2.30. The Balaban J connectivity index is 2.07. The number of halogens is 2. The molecule has 2 rings (SSSR count). The standard InChI is InChI=1S/C12H14BrClO/c1-7(15)8-4-9(5-8)11-3-2-10(13)6-12(11)14/h2-3,6-9,15H,4-5H2,1H3. The average molecular weight is 290 g/mol. The molecule has 82 valence electrons. The third kappa shape index (κ3) is 2.38. The van der Waals surface area contributed by atoms with Gasteiger partial charge in [-0.2, -0.15) is 0 Å². The molecular formula is C12H14BrClO. The predicted molar refractivity (Wildman–Crippen MR) is 66.3 cm³/mol. The monoisotopic (exact) mass is 288 g/mol. The minimum Gasteiger partial charge on any atom is -0.393 e. The van der Waals surface area contributed by atoms with Gasteiger partial charge in [0, 0.05) is 9.50 Å². The number of hydrogen-bond donors (Lipinski definition) is 1. The topological polar surface area (TPSA) is 20.2 Å². The number of aliphatic hydroxyl groups is 1. The predicted octanol–water partition coefficient (Wildman–Crippen LogP) is 3.98. The average Bonchev–Trinajstić information content (AvgIpc) is 2.05. The van der Waals surface area contributed by atoms with Crippen LogP contribution in [0.1, 0.15) is 31.2 Å². The van der Waals surface area contributed by atoms with E-state index < -0.39 is 0 Å². The van der Waals surface area contributed by atoms with Gasteiger partial charge in [0.15, 0.2) is 0 Å². The van der Waals surface area contributed by atoms with Crippen LogP contribution in [0.3, 0.4) is 0 Å². The smallest absolute Gasteiger partial charge is 0.0540 e. The Kier molecular flexibility index (Phi) is 3.39. The van der Waals surface area contributed by atoms with Gasteiger partial charge in [-0.3, -0.25) is 0 Å². The summed E-state index contributed by atoms with van der Waals surface area (Å²) in [6, 6.07) is 6.04. The van der Waals surface area contributed by atoms with Crippen molar-refractivity contribution in [2.45, 2.75) is 31.8 Å². The molecular weight excluding hydrogens is 275 g/mol. The summed E-state index contributed by atoms with van der Waals surface area (Å²) in [5.41, 5.74) is 1.22. The molecule has 0 aliphatic heterocycles. The molecule has 1 atom stereocenters. The van der Waals surface area contributed by atoms with E-state index in [1.54, 1.807) is 0 Å². The number of aliphatic hydroxyl groups excluding tert-OH is 1. The summed E-state index contributed by atoms with van der Waals surface area (Å²) in [5.74, 6) is 0.986. The lowest BCUT2D eigenvalue weighted by molar-refractivity contribution is 0.0639. The van der Waals surface area contributed by atoms with E-state index in [1.807, 2.05) is 19.1 Å². The lowest BCUT2D eigenvalue weighted by atomic mass is 9.69. The lowest BCUT2D eigenvalue weighted by Gasteiger charge is -2.38. The van der Waals surface area contributed by atoms with E-state index in [0.717, 1.165) is 22.3 Å². The van der Waals surface area contributed by atoms with Gasteiger partial charge in [0.1, 0.15) is 0 Å². The molecule has 0 saturated heterocycles. The maximum atomic E-state index is 9.41. The van der Waals surface area contributed by atoms with E-state index in [-0.39, 0.29) is 6.10 Å². The van der Waals surface area contributed by atoms with E-state index in [1.165, 1.54) is 5.56 Å². The second kappa shape index (κ2) is 4.44. The molecule has 0 heterocycles. The first-order valence-electron chi connectivity index (χ1n) is 5.21. The molecule has 1 nitrogen and oxygen atoms in total. The minimum atomic E-state index is -0.185. The van der Waals surface area contributed by atoms with Crippen LogP contribution in [-0.4, -0.2) is 11.2 Å². The first kappa shape index (κ1) is 11.4. The van der Waals surface area contributed by atoms with Crippen LogP contribution in [0.5, 0.6) is 0 Å². The molecule has 1 fully saturated rings. The maximum Gasteiger partial charge on any atom is 0.0540 e. The fourth-order valence-electron chi connectivity index (χ4n) is 2.14. The van der Waals surface area contributed by atoms with Crippen LogP contribution in [0.25, 0.3) is 0 Å². The van der Waals surface area contributed by atoms with E-state index in [4.69, 9.17) is 11.6 Å². The van der Waals surface area contributed by atoms with E-state index in [0.29, 0.717) is 11.8 Å². The van der Waals surface area contributed by atoms with Gasteiger partial charge in [0.25, 0.3) is 0 Å². The van der Waals surface area contributed by atoms with E-state index in [2.05, 4.69) is 22.0 Å². The minimum absolute atomic E-state index is 0.185. The highest BCUT2D eigenvalue weighted by molar-refractivity contribution is 9.10. The Morgan fingerprint density at radius 2 is 2.13 bits per heavy atom. The zero-order valence-electron chi connectivity index (χ0n) is 8.58. The first-order chi connectivity index (χ1) is 7.08. The Morgan fingerprint density at radius 3 is 2.67 bits per heavy atom. The van der Waals surface area contributed by atoms with Gasteiger partial charge >= 0.3 is 0 Å². The molecule has 3 heteroatoms. The summed E-state index contributed by atoms with van der Waals surface area (Å²) < 4.78 is 1.02. The molecule has 0 bridgehead atoms. The molecule has 1 saturated carbocycles. The summed E-state index contributed by atoms with van der Waals surface area (Å²) >= 11 is 9.57. The van der Waals surface area contributed by atoms with Crippen molar-refractivity contribution in [2.75, 3.05) is 0 Å². The van der Waals surface area contributed by atoms with Crippen LogP contribution < -0.4 is 0 Å². The summed E-state index contributed by atoms with van der Waals surface area (Å²) in [5, 5.41) is 10.2. The molecule has 0 radical (unpaired) electrons. The van der Waals surface area contributed by atoms with Crippen molar-refractivity contribution in [1.82, 2.24) is 0 Å². The third-order valence-corrected chi connectivity index (χ3v) is 4.08. The van der Waals surface area contributed by atoms with Crippen molar-refractivity contribution in [2.24, 2.45) is 5.92 Å². The Bertz CT molecular complexity index is 359. The summed E-state index contributed by atoms with van der Waals surface area (Å²) in [6.45, 7) is 1.87. The van der Waals surface area contributed by atoms with E-state index in [9.17, 15) is 5.11 Å². The molecule has 0 amide bonds.